The van der Waals surface area contributed by atoms with E-state index in [4.69, 9.17) is 11.6 Å². The number of nitro groups is 1. The lowest BCUT2D eigenvalue weighted by atomic mass is 9.97. The van der Waals surface area contributed by atoms with Gasteiger partial charge >= 0.3 is 0 Å². The van der Waals surface area contributed by atoms with Gasteiger partial charge in [-0.1, -0.05) is 11.6 Å². The third kappa shape index (κ3) is 3.81. The molecule has 0 bridgehead atoms. The zero-order valence-electron chi connectivity index (χ0n) is 10.9. The van der Waals surface area contributed by atoms with Crippen molar-refractivity contribution in [2.75, 3.05) is 32.0 Å². The molecule has 1 aliphatic rings. The molecule has 1 aliphatic heterocycles. The second-order valence-corrected chi connectivity index (χ2v) is 5.48. The van der Waals surface area contributed by atoms with E-state index in [0.717, 1.165) is 32.5 Å². The summed E-state index contributed by atoms with van der Waals surface area (Å²) in [6, 6.07) is 4.74. The van der Waals surface area contributed by atoms with Crippen LogP contribution in [-0.4, -0.2) is 36.5 Å². The smallest absolute Gasteiger partial charge is 0.293 e. The van der Waals surface area contributed by atoms with Gasteiger partial charge in [0.25, 0.3) is 5.69 Å². The van der Waals surface area contributed by atoms with Gasteiger partial charge in [0.1, 0.15) is 5.69 Å². The summed E-state index contributed by atoms with van der Waals surface area (Å²) in [5.41, 5.74) is 0.591. The molecule has 0 aromatic heterocycles. The van der Waals surface area contributed by atoms with E-state index in [1.54, 1.807) is 12.1 Å². The average Bonchev–Trinajstić information content (AvgIpc) is 2.39. The van der Waals surface area contributed by atoms with Crippen LogP contribution in [0.15, 0.2) is 18.2 Å². The van der Waals surface area contributed by atoms with Crippen molar-refractivity contribution in [2.24, 2.45) is 5.92 Å². The summed E-state index contributed by atoms with van der Waals surface area (Å²) in [6.45, 7) is 2.96. The summed E-state index contributed by atoms with van der Waals surface area (Å²) in [7, 11) is 2.12. The molecule has 0 atom stereocenters. The molecular formula is C13H18ClN3O2. The average molecular weight is 284 g/mol. The lowest BCUT2D eigenvalue weighted by Gasteiger charge is -2.29. The summed E-state index contributed by atoms with van der Waals surface area (Å²) >= 11 is 5.79. The molecule has 19 heavy (non-hydrogen) atoms. The maximum Gasteiger partial charge on any atom is 0.293 e. The first-order chi connectivity index (χ1) is 9.06. The van der Waals surface area contributed by atoms with Gasteiger partial charge < -0.3 is 10.2 Å². The van der Waals surface area contributed by atoms with Gasteiger partial charge in [-0.15, -0.1) is 0 Å². The van der Waals surface area contributed by atoms with Crippen LogP contribution in [0.5, 0.6) is 0 Å². The zero-order chi connectivity index (χ0) is 13.8. The summed E-state index contributed by atoms with van der Waals surface area (Å²) in [6.07, 6.45) is 2.26. The molecule has 5 nitrogen and oxygen atoms in total. The summed E-state index contributed by atoms with van der Waals surface area (Å²) in [5, 5.41) is 14.5. The van der Waals surface area contributed by atoms with Crippen molar-refractivity contribution in [3.63, 3.8) is 0 Å². The van der Waals surface area contributed by atoms with E-state index in [-0.39, 0.29) is 5.69 Å². The Labute approximate surface area is 117 Å². The maximum absolute atomic E-state index is 11.0. The van der Waals surface area contributed by atoms with Crippen LogP contribution < -0.4 is 5.32 Å². The van der Waals surface area contributed by atoms with Gasteiger partial charge in [0.2, 0.25) is 0 Å². The highest BCUT2D eigenvalue weighted by atomic mass is 35.5. The number of anilines is 1. The standard InChI is InChI=1S/C13H18ClN3O2/c1-16-6-4-10(5-7-16)9-15-12-3-2-11(14)8-13(12)17(18)19/h2-3,8,10,15H,4-7,9H2,1H3. The van der Waals surface area contributed by atoms with Crippen LogP contribution in [0.2, 0.25) is 5.02 Å². The molecule has 1 heterocycles. The molecule has 104 valence electrons. The Morgan fingerprint density at radius 3 is 2.79 bits per heavy atom. The molecule has 1 aromatic rings. The summed E-state index contributed by atoms with van der Waals surface area (Å²) in [5.74, 6) is 0.575. The van der Waals surface area contributed by atoms with E-state index >= 15 is 0 Å². The summed E-state index contributed by atoms with van der Waals surface area (Å²) < 4.78 is 0. The molecule has 0 radical (unpaired) electrons. The zero-order valence-corrected chi connectivity index (χ0v) is 11.7. The van der Waals surface area contributed by atoms with E-state index in [0.29, 0.717) is 16.6 Å². The van der Waals surface area contributed by atoms with Crippen molar-refractivity contribution in [1.82, 2.24) is 4.90 Å². The molecule has 1 aromatic carbocycles. The van der Waals surface area contributed by atoms with Crippen LogP contribution in [0.3, 0.4) is 0 Å². The van der Waals surface area contributed by atoms with Gasteiger partial charge in [-0.3, -0.25) is 10.1 Å². The highest BCUT2D eigenvalue weighted by Gasteiger charge is 2.19. The van der Waals surface area contributed by atoms with Crippen LogP contribution in [0.25, 0.3) is 0 Å². The third-order valence-corrected chi connectivity index (χ3v) is 3.81. The number of rotatable bonds is 4. The Kier molecular flexibility index (Phi) is 4.61. The van der Waals surface area contributed by atoms with Gasteiger partial charge in [-0.25, -0.2) is 0 Å². The first kappa shape index (κ1) is 14.1. The lowest BCUT2D eigenvalue weighted by Crippen LogP contribution is -2.33. The summed E-state index contributed by atoms with van der Waals surface area (Å²) in [4.78, 5) is 12.9. The molecule has 0 saturated carbocycles. The van der Waals surface area contributed by atoms with Crippen molar-refractivity contribution < 1.29 is 4.92 Å². The van der Waals surface area contributed by atoms with Crippen molar-refractivity contribution in [3.8, 4) is 0 Å². The molecular weight excluding hydrogens is 266 g/mol. The second kappa shape index (κ2) is 6.21. The highest BCUT2D eigenvalue weighted by Crippen LogP contribution is 2.28. The molecule has 1 fully saturated rings. The SMILES string of the molecule is CN1CCC(CNc2ccc(Cl)cc2[N+](=O)[O-])CC1. The number of benzene rings is 1. The van der Waals surface area contributed by atoms with E-state index in [2.05, 4.69) is 17.3 Å². The topological polar surface area (TPSA) is 58.4 Å². The fraction of sp³-hybridized carbons (Fsp3) is 0.538. The first-order valence-corrected chi connectivity index (χ1v) is 6.80. The van der Waals surface area contributed by atoms with Gasteiger partial charge in [-0.05, 0) is 51.0 Å². The number of nitrogens with zero attached hydrogens (tertiary/aromatic N) is 2. The van der Waals surface area contributed by atoms with Crippen LogP contribution in [0, 0.1) is 16.0 Å². The number of hydrogen-bond acceptors (Lipinski definition) is 4. The normalized spacial score (nSPS) is 17.4. The van der Waals surface area contributed by atoms with Crippen LogP contribution in [0.4, 0.5) is 11.4 Å². The number of piperidine rings is 1. The predicted molar refractivity (Wildman–Crippen MR) is 76.8 cm³/mol. The Bertz CT molecular complexity index is 459. The predicted octanol–water partition coefficient (Wildman–Crippen LogP) is 3.00. The fourth-order valence-electron chi connectivity index (χ4n) is 2.33. The van der Waals surface area contributed by atoms with Crippen LogP contribution in [-0.2, 0) is 0 Å². The minimum Gasteiger partial charge on any atom is -0.379 e. The van der Waals surface area contributed by atoms with Gasteiger partial charge in [0.05, 0.1) is 4.92 Å². The van der Waals surface area contributed by atoms with E-state index in [9.17, 15) is 10.1 Å². The van der Waals surface area contributed by atoms with Crippen LogP contribution >= 0.6 is 11.6 Å². The lowest BCUT2D eigenvalue weighted by molar-refractivity contribution is -0.383. The number of nitro benzene ring substituents is 1. The minimum atomic E-state index is -0.400. The molecule has 1 N–H and O–H groups in total. The number of halogens is 1. The molecule has 0 unspecified atom stereocenters. The van der Waals surface area contributed by atoms with Crippen molar-refractivity contribution in [3.05, 3.63) is 33.3 Å². The highest BCUT2D eigenvalue weighted by molar-refractivity contribution is 6.30. The van der Waals surface area contributed by atoms with Crippen molar-refractivity contribution in [2.45, 2.75) is 12.8 Å². The quantitative estimate of drug-likeness (QED) is 0.682. The molecule has 0 spiro atoms. The largest absolute Gasteiger partial charge is 0.379 e. The Hall–Kier alpha value is -1.33. The molecule has 1 saturated heterocycles. The van der Waals surface area contributed by atoms with E-state index < -0.39 is 4.92 Å². The molecule has 6 heteroatoms. The Morgan fingerprint density at radius 2 is 2.16 bits per heavy atom. The molecule has 0 aliphatic carbocycles. The first-order valence-electron chi connectivity index (χ1n) is 6.42. The van der Waals surface area contributed by atoms with Crippen LogP contribution in [0.1, 0.15) is 12.8 Å². The Morgan fingerprint density at radius 1 is 1.47 bits per heavy atom. The van der Waals surface area contributed by atoms with Crippen molar-refractivity contribution in [1.29, 1.82) is 0 Å². The monoisotopic (exact) mass is 283 g/mol. The van der Waals surface area contributed by atoms with Crippen molar-refractivity contribution >= 4 is 23.0 Å². The number of likely N-dealkylation sites (tertiary alicyclic amines) is 1. The van der Waals surface area contributed by atoms with E-state index in [1.165, 1.54) is 6.07 Å². The maximum atomic E-state index is 11.0. The van der Waals surface area contributed by atoms with Gasteiger partial charge in [0.15, 0.2) is 0 Å². The van der Waals surface area contributed by atoms with Gasteiger partial charge in [0, 0.05) is 17.6 Å². The fourth-order valence-corrected chi connectivity index (χ4v) is 2.49. The Balaban J connectivity index is 1.97. The molecule has 2 rings (SSSR count). The third-order valence-electron chi connectivity index (χ3n) is 3.58. The van der Waals surface area contributed by atoms with Gasteiger partial charge in [-0.2, -0.15) is 0 Å². The second-order valence-electron chi connectivity index (χ2n) is 5.05. The minimum absolute atomic E-state index is 0.0421. The molecule has 0 amide bonds. The van der Waals surface area contributed by atoms with E-state index in [1.807, 2.05) is 0 Å². The number of hydrogen-bond donors (Lipinski definition) is 1. The number of nitrogens with one attached hydrogen (secondary N) is 1.